The Hall–Kier alpha value is -0.541. The Morgan fingerprint density at radius 3 is 2.62 bits per heavy atom. The van der Waals surface area contributed by atoms with E-state index in [2.05, 4.69) is 0 Å². The molecule has 0 bridgehead atoms. The first-order chi connectivity index (χ1) is 7.67. The van der Waals surface area contributed by atoms with Crippen molar-refractivity contribution >= 4 is 41.9 Å². The van der Waals surface area contributed by atoms with Gasteiger partial charge in [-0.2, -0.15) is 0 Å². The summed E-state index contributed by atoms with van der Waals surface area (Å²) in [7, 11) is 0. The predicted octanol–water partition coefficient (Wildman–Crippen LogP) is 0.217. The van der Waals surface area contributed by atoms with E-state index in [1.807, 2.05) is 4.97 Å². The van der Waals surface area contributed by atoms with Gasteiger partial charge in [0.1, 0.15) is 0 Å². The molecule has 0 aromatic heterocycles. The van der Waals surface area contributed by atoms with E-state index in [1.165, 1.54) is 6.08 Å². The fourth-order valence-electron chi connectivity index (χ4n) is 0.904. The van der Waals surface area contributed by atoms with Crippen molar-refractivity contribution < 1.29 is 19.1 Å². The van der Waals surface area contributed by atoms with Crippen molar-refractivity contribution in [2.24, 2.45) is 0 Å². The first-order valence-electron chi connectivity index (χ1n) is 4.77. The summed E-state index contributed by atoms with van der Waals surface area (Å²) in [6.45, 7) is 4.31. The molecule has 0 saturated carbocycles. The Bertz CT molecular complexity index is 347. The van der Waals surface area contributed by atoms with Gasteiger partial charge in [-0.3, -0.25) is 0 Å². The molecular weight excluding hydrogens is 342 g/mol. The molecule has 0 atom stereocenters. The minimum atomic E-state index is -0.320. The molecule has 0 amide bonds. The maximum atomic E-state index is 11.4. The molecule has 0 aromatic carbocycles. The third-order valence-corrected chi connectivity index (χ3v) is 7.41. The Morgan fingerprint density at radius 2 is 2.00 bits per heavy atom. The summed E-state index contributed by atoms with van der Waals surface area (Å²) >= 11 is 0.0217. The molecule has 1 aliphatic heterocycles. The van der Waals surface area contributed by atoms with Gasteiger partial charge in [-0.1, -0.05) is 0 Å². The number of hydrogen-bond donors (Lipinski definition) is 0. The van der Waals surface area contributed by atoms with E-state index in [0.29, 0.717) is 17.7 Å². The van der Waals surface area contributed by atoms with Gasteiger partial charge in [0, 0.05) is 0 Å². The molecule has 1 heterocycles. The molecule has 6 heteroatoms. The van der Waals surface area contributed by atoms with E-state index in [-0.39, 0.29) is 41.9 Å². The zero-order valence-corrected chi connectivity index (χ0v) is 12.4. The van der Waals surface area contributed by atoms with E-state index in [4.69, 9.17) is 9.47 Å². The second-order valence-electron chi connectivity index (χ2n) is 2.64. The zero-order chi connectivity index (χ0) is 12.0. The number of rotatable bonds is 4. The summed E-state index contributed by atoms with van der Waals surface area (Å²) in [5, 5.41) is 0. The molecule has 88 valence electrons. The fraction of sp³-hybridized carbons (Fsp3) is 0.400. The van der Waals surface area contributed by atoms with Crippen LogP contribution in [0.2, 0.25) is 0 Å². The van der Waals surface area contributed by atoms with Crippen LogP contribution in [0.25, 0.3) is 0 Å². The van der Waals surface area contributed by atoms with Crippen molar-refractivity contribution in [2.45, 2.75) is 13.8 Å². The fourth-order valence-corrected chi connectivity index (χ4v) is 6.28. The summed E-state index contributed by atoms with van der Waals surface area (Å²) in [5.41, 5.74) is 0. The molecule has 0 aromatic rings. The zero-order valence-electron chi connectivity index (χ0n) is 9.02. The normalized spacial score (nSPS) is 17.1. The van der Waals surface area contributed by atoms with Crippen molar-refractivity contribution in [1.82, 2.24) is 0 Å². The monoisotopic (exact) mass is 356 g/mol. The Labute approximate surface area is 107 Å². The van der Waals surface area contributed by atoms with E-state index in [1.54, 1.807) is 13.8 Å². The summed E-state index contributed by atoms with van der Waals surface area (Å²) in [4.78, 5) is 24.5. The Balaban J connectivity index is 2.50. The molecule has 1 aliphatic rings. The molecular formula is C10H12O4Se2. The van der Waals surface area contributed by atoms with Gasteiger partial charge in [-0.25, -0.2) is 0 Å². The first kappa shape index (κ1) is 13.5. The van der Waals surface area contributed by atoms with Crippen LogP contribution in [-0.4, -0.2) is 55.1 Å². The summed E-state index contributed by atoms with van der Waals surface area (Å²) in [5.74, 6) is -0.573. The van der Waals surface area contributed by atoms with E-state index < -0.39 is 0 Å². The summed E-state index contributed by atoms with van der Waals surface area (Å²) in [6, 6.07) is 0. The molecule has 4 nitrogen and oxygen atoms in total. The van der Waals surface area contributed by atoms with Crippen LogP contribution in [0.4, 0.5) is 0 Å². The van der Waals surface area contributed by atoms with E-state index in [9.17, 15) is 9.59 Å². The number of carbonyl (C=O) groups is 2. The molecule has 0 N–H and O–H groups in total. The predicted molar refractivity (Wildman–Crippen MR) is 60.9 cm³/mol. The molecule has 16 heavy (non-hydrogen) atoms. The quantitative estimate of drug-likeness (QED) is 0.412. The van der Waals surface area contributed by atoms with Crippen molar-refractivity contribution in [3.05, 3.63) is 18.9 Å². The second kappa shape index (κ2) is 6.92. The average Bonchev–Trinajstić information content (AvgIpc) is 2.67. The Morgan fingerprint density at radius 1 is 1.31 bits per heavy atom. The van der Waals surface area contributed by atoms with Gasteiger partial charge in [0.25, 0.3) is 0 Å². The van der Waals surface area contributed by atoms with Crippen LogP contribution in [-0.2, 0) is 19.1 Å². The van der Waals surface area contributed by atoms with Crippen LogP contribution >= 0.6 is 0 Å². The summed E-state index contributed by atoms with van der Waals surface area (Å²) in [6.07, 6.45) is 1.51. The van der Waals surface area contributed by atoms with Gasteiger partial charge in [-0.15, -0.1) is 0 Å². The van der Waals surface area contributed by atoms with Crippen molar-refractivity contribution in [3.8, 4) is 0 Å². The molecule has 0 fully saturated rings. The van der Waals surface area contributed by atoms with Gasteiger partial charge in [-0.05, 0) is 0 Å². The van der Waals surface area contributed by atoms with Gasteiger partial charge in [0.05, 0.1) is 0 Å². The van der Waals surface area contributed by atoms with Crippen LogP contribution in [0.5, 0.6) is 0 Å². The van der Waals surface area contributed by atoms with Gasteiger partial charge < -0.3 is 0 Å². The second-order valence-corrected chi connectivity index (χ2v) is 8.13. The van der Waals surface area contributed by atoms with E-state index >= 15 is 0 Å². The number of esters is 2. The van der Waals surface area contributed by atoms with Gasteiger partial charge >= 0.3 is 107 Å². The molecule has 0 aliphatic carbocycles. The third-order valence-electron chi connectivity index (χ3n) is 1.49. The van der Waals surface area contributed by atoms with Gasteiger partial charge in [0.15, 0.2) is 0 Å². The third kappa shape index (κ3) is 4.14. The average molecular weight is 354 g/mol. The molecule has 1 rings (SSSR count). The maximum absolute atomic E-state index is 11.4. The molecule has 0 radical (unpaired) electrons. The van der Waals surface area contributed by atoms with Crippen molar-refractivity contribution in [2.75, 3.05) is 13.2 Å². The number of hydrogen-bond acceptors (Lipinski definition) is 4. The molecule has 0 spiro atoms. The molecule has 0 saturated heterocycles. The van der Waals surface area contributed by atoms with Crippen molar-refractivity contribution in [3.63, 3.8) is 0 Å². The molecule has 0 unspecified atom stereocenters. The first-order valence-corrected chi connectivity index (χ1v) is 8.33. The summed E-state index contributed by atoms with van der Waals surface area (Å²) < 4.78 is 11.4. The SMILES string of the molecule is CCOC(=O)C=C1[Se]C=C(C(=O)OCC)[Se]1. The standard InChI is InChI=1S/C10H12O4Se2/c1-3-13-8(11)5-9-15-6-7(16-9)10(12)14-4-2/h5-6H,3-4H2,1-2H3. The topological polar surface area (TPSA) is 52.6 Å². The van der Waals surface area contributed by atoms with E-state index in [0.717, 1.165) is 3.37 Å². The van der Waals surface area contributed by atoms with Crippen molar-refractivity contribution in [1.29, 1.82) is 0 Å². The van der Waals surface area contributed by atoms with Crippen LogP contribution in [0.15, 0.2) is 18.9 Å². The van der Waals surface area contributed by atoms with Crippen LogP contribution < -0.4 is 0 Å². The number of carbonyl (C=O) groups excluding carboxylic acids is 2. The van der Waals surface area contributed by atoms with Crippen LogP contribution in [0.3, 0.4) is 0 Å². The number of ether oxygens (including phenoxy) is 2. The Kier molecular flexibility index (Phi) is 5.85. The van der Waals surface area contributed by atoms with Crippen LogP contribution in [0, 0.1) is 0 Å². The van der Waals surface area contributed by atoms with Crippen LogP contribution in [0.1, 0.15) is 13.8 Å². The minimum absolute atomic E-state index is 0.0704. The van der Waals surface area contributed by atoms with Gasteiger partial charge in [0.2, 0.25) is 0 Å².